The van der Waals surface area contributed by atoms with Gasteiger partial charge in [-0.15, -0.1) is 0 Å². The van der Waals surface area contributed by atoms with E-state index >= 15 is 0 Å². The van der Waals surface area contributed by atoms with Gasteiger partial charge in [0.15, 0.2) is 6.10 Å². The maximum Gasteiger partial charge on any atom is 0.306 e. The summed E-state index contributed by atoms with van der Waals surface area (Å²) in [4.78, 5) is 38.3. The molecular weight excluding hydrogens is 985 g/mol. The highest BCUT2D eigenvalue weighted by molar-refractivity contribution is 5.71. The summed E-state index contributed by atoms with van der Waals surface area (Å²) >= 11 is 0. The van der Waals surface area contributed by atoms with Crippen LogP contribution in [-0.2, 0) is 28.6 Å². The summed E-state index contributed by atoms with van der Waals surface area (Å²) in [6, 6.07) is 0. The number of rotatable bonds is 60. The van der Waals surface area contributed by atoms with Crippen LogP contribution >= 0.6 is 0 Å². The van der Waals surface area contributed by atoms with Gasteiger partial charge in [-0.3, -0.25) is 14.4 Å². The predicted octanol–water partition coefficient (Wildman–Crippen LogP) is 23.2. The fourth-order valence-corrected chi connectivity index (χ4v) is 9.26. The van der Waals surface area contributed by atoms with E-state index in [1.807, 2.05) is 0 Å². The molecule has 0 aliphatic rings. The zero-order valence-corrected chi connectivity index (χ0v) is 52.3. The van der Waals surface area contributed by atoms with Gasteiger partial charge in [-0.2, -0.15) is 0 Å². The molecule has 0 amide bonds. The van der Waals surface area contributed by atoms with Gasteiger partial charge < -0.3 is 14.2 Å². The standard InChI is InChI=1S/C74H124O6/c1-4-7-10-13-16-19-22-24-26-28-30-32-34-35-36-37-38-39-41-42-44-46-48-50-52-55-58-61-64-67-73(76)79-70-71(69-78-72(75)66-63-60-57-54-21-18-15-12-9-6-3)80-74(77)68-65-62-59-56-53-51-49-47-45-43-40-33-31-29-27-25-23-20-17-14-11-8-5-2/h7-8,10-11,16-17,19-20,24-27,30-33,35-36,38-39,71H,4-6,9,12-15,18,21-23,28-29,34,37,40-70H2,1-3H3/b10-7-,11-8-,19-16-,20-17-,26-24-,27-25-,32-30-,33-31-,36-35-,39-38-. The number of carbonyl (C=O) groups is 3. The SMILES string of the molecule is CC/C=C\C/C=C\C/C=C\C/C=C\C/C=C\C/C=C\CCCCCCCCCCCCC(=O)OCC(COC(=O)CCCCCCCCCCCC)OC(=O)CCCCCCCCCCCC/C=C\C/C=C\C/C=C\C/C=C\CC. The molecule has 0 rings (SSSR count). The van der Waals surface area contributed by atoms with Gasteiger partial charge in [-0.05, 0) is 109 Å². The minimum absolute atomic E-state index is 0.0798. The van der Waals surface area contributed by atoms with E-state index in [1.54, 1.807) is 0 Å². The summed E-state index contributed by atoms with van der Waals surface area (Å²) in [5.41, 5.74) is 0. The monoisotopic (exact) mass is 1110 g/mol. The van der Waals surface area contributed by atoms with Crippen LogP contribution in [0.1, 0.15) is 310 Å². The average Bonchev–Trinajstić information content (AvgIpc) is 3.46. The molecule has 0 aromatic rings. The molecule has 0 N–H and O–H groups in total. The largest absolute Gasteiger partial charge is 0.462 e. The lowest BCUT2D eigenvalue weighted by Crippen LogP contribution is -2.30. The molecule has 0 radical (unpaired) electrons. The second-order valence-electron chi connectivity index (χ2n) is 22.0. The van der Waals surface area contributed by atoms with E-state index in [1.165, 1.54) is 148 Å². The molecule has 1 atom stereocenters. The fourth-order valence-electron chi connectivity index (χ4n) is 9.26. The van der Waals surface area contributed by atoms with Crippen LogP contribution in [0.25, 0.3) is 0 Å². The summed E-state index contributed by atoms with van der Waals surface area (Å²) in [7, 11) is 0. The quantitative estimate of drug-likeness (QED) is 0.0261. The molecule has 0 bridgehead atoms. The third-order valence-electron chi connectivity index (χ3n) is 14.2. The molecule has 6 nitrogen and oxygen atoms in total. The van der Waals surface area contributed by atoms with Gasteiger partial charge in [0.1, 0.15) is 13.2 Å². The van der Waals surface area contributed by atoms with Crippen LogP contribution < -0.4 is 0 Å². The van der Waals surface area contributed by atoms with Crippen molar-refractivity contribution in [2.45, 2.75) is 316 Å². The third-order valence-corrected chi connectivity index (χ3v) is 14.2. The zero-order valence-electron chi connectivity index (χ0n) is 52.3. The maximum absolute atomic E-state index is 12.9. The van der Waals surface area contributed by atoms with E-state index < -0.39 is 6.10 Å². The molecule has 6 heteroatoms. The van der Waals surface area contributed by atoms with Gasteiger partial charge in [0.2, 0.25) is 0 Å². The van der Waals surface area contributed by atoms with Crippen LogP contribution in [0.2, 0.25) is 0 Å². The van der Waals surface area contributed by atoms with Gasteiger partial charge in [0.05, 0.1) is 0 Å². The van der Waals surface area contributed by atoms with Crippen molar-refractivity contribution in [3.63, 3.8) is 0 Å². The maximum atomic E-state index is 12.9. The molecule has 80 heavy (non-hydrogen) atoms. The number of hydrogen-bond donors (Lipinski definition) is 0. The molecule has 1 unspecified atom stereocenters. The molecule has 0 aliphatic heterocycles. The van der Waals surface area contributed by atoms with E-state index in [0.29, 0.717) is 19.3 Å². The van der Waals surface area contributed by atoms with Crippen LogP contribution in [0.5, 0.6) is 0 Å². The van der Waals surface area contributed by atoms with Crippen molar-refractivity contribution in [3.8, 4) is 0 Å². The van der Waals surface area contributed by atoms with E-state index in [2.05, 4.69) is 142 Å². The van der Waals surface area contributed by atoms with Crippen LogP contribution in [-0.4, -0.2) is 37.2 Å². The van der Waals surface area contributed by atoms with Gasteiger partial charge in [0, 0.05) is 19.3 Å². The van der Waals surface area contributed by atoms with Crippen molar-refractivity contribution < 1.29 is 28.6 Å². The minimum atomic E-state index is -0.784. The number of ether oxygens (including phenoxy) is 3. The third kappa shape index (κ3) is 64.6. The fraction of sp³-hybridized carbons (Fsp3) is 0.689. The number of esters is 3. The molecule has 0 heterocycles. The summed E-state index contributed by atoms with van der Waals surface area (Å²) < 4.78 is 16.9. The van der Waals surface area contributed by atoms with Crippen LogP contribution in [0.15, 0.2) is 122 Å². The topological polar surface area (TPSA) is 78.9 Å². The second kappa shape index (κ2) is 67.3. The van der Waals surface area contributed by atoms with Gasteiger partial charge in [-0.1, -0.05) is 303 Å². The summed E-state index contributed by atoms with van der Waals surface area (Å²) in [5, 5.41) is 0. The lowest BCUT2D eigenvalue weighted by Gasteiger charge is -2.18. The van der Waals surface area contributed by atoms with Crippen molar-refractivity contribution >= 4 is 17.9 Å². The Hall–Kier alpha value is -4.19. The molecule has 0 aliphatic carbocycles. The second-order valence-corrected chi connectivity index (χ2v) is 22.0. The van der Waals surface area contributed by atoms with Crippen LogP contribution in [0.4, 0.5) is 0 Å². The Labute approximate surface area is 494 Å². The Morgan fingerprint density at radius 2 is 0.487 bits per heavy atom. The molecule has 0 saturated heterocycles. The highest BCUT2D eigenvalue weighted by atomic mass is 16.6. The Morgan fingerprint density at radius 3 is 0.762 bits per heavy atom. The molecule has 0 spiro atoms. The Kier molecular flexibility index (Phi) is 63.8. The Morgan fingerprint density at radius 1 is 0.263 bits per heavy atom. The zero-order chi connectivity index (χ0) is 57.8. The van der Waals surface area contributed by atoms with E-state index in [9.17, 15) is 14.4 Å². The van der Waals surface area contributed by atoms with Crippen molar-refractivity contribution in [1.82, 2.24) is 0 Å². The number of hydrogen-bond acceptors (Lipinski definition) is 6. The first-order chi connectivity index (χ1) is 39.5. The van der Waals surface area contributed by atoms with E-state index in [-0.39, 0.29) is 31.1 Å². The van der Waals surface area contributed by atoms with Crippen molar-refractivity contribution in [2.24, 2.45) is 0 Å². The molecule has 0 aromatic carbocycles. The van der Waals surface area contributed by atoms with Gasteiger partial charge >= 0.3 is 17.9 Å². The number of carbonyl (C=O) groups excluding carboxylic acids is 3. The Bertz CT molecular complexity index is 1650. The first-order valence-corrected chi connectivity index (χ1v) is 33.5. The highest BCUT2D eigenvalue weighted by Gasteiger charge is 2.19. The molecular formula is C74H124O6. The molecule has 0 saturated carbocycles. The molecule has 0 fully saturated rings. The Balaban J connectivity index is 4.24. The normalized spacial score (nSPS) is 12.9. The molecule has 0 aromatic heterocycles. The lowest BCUT2D eigenvalue weighted by molar-refractivity contribution is -0.167. The van der Waals surface area contributed by atoms with E-state index in [0.717, 1.165) is 122 Å². The highest BCUT2D eigenvalue weighted by Crippen LogP contribution is 2.16. The minimum Gasteiger partial charge on any atom is -0.462 e. The van der Waals surface area contributed by atoms with Crippen molar-refractivity contribution in [3.05, 3.63) is 122 Å². The molecule has 456 valence electrons. The van der Waals surface area contributed by atoms with E-state index in [4.69, 9.17) is 14.2 Å². The number of allylic oxidation sites excluding steroid dienone is 20. The average molecular weight is 1110 g/mol. The number of unbranched alkanes of at least 4 members (excludes halogenated alkanes) is 29. The van der Waals surface area contributed by atoms with Crippen molar-refractivity contribution in [2.75, 3.05) is 13.2 Å². The summed E-state index contributed by atoms with van der Waals surface area (Å²) in [5.74, 6) is -0.882. The first-order valence-electron chi connectivity index (χ1n) is 33.5. The van der Waals surface area contributed by atoms with Gasteiger partial charge in [0.25, 0.3) is 0 Å². The van der Waals surface area contributed by atoms with Crippen LogP contribution in [0, 0.1) is 0 Å². The predicted molar refractivity (Wildman–Crippen MR) is 348 cm³/mol. The van der Waals surface area contributed by atoms with Crippen LogP contribution in [0.3, 0.4) is 0 Å². The summed E-state index contributed by atoms with van der Waals surface area (Å²) in [6.45, 7) is 6.42. The van der Waals surface area contributed by atoms with Gasteiger partial charge in [-0.25, -0.2) is 0 Å². The summed E-state index contributed by atoms with van der Waals surface area (Å²) in [6.07, 6.45) is 93.6. The first kappa shape index (κ1) is 75.8. The lowest BCUT2D eigenvalue weighted by atomic mass is 10.0. The van der Waals surface area contributed by atoms with Crippen molar-refractivity contribution in [1.29, 1.82) is 0 Å². The smallest absolute Gasteiger partial charge is 0.306 e.